The monoisotopic (exact) mass is 532 g/mol. The second kappa shape index (κ2) is 10.5. The molecule has 10 nitrogen and oxygen atoms in total. The van der Waals surface area contributed by atoms with Crippen LogP contribution in [0.3, 0.4) is 0 Å². The van der Waals surface area contributed by atoms with E-state index in [1.807, 2.05) is 6.92 Å². The number of halogens is 2. The summed E-state index contributed by atoms with van der Waals surface area (Å²) in [6.07, 6.45) is -7.18. The summed E-state index contributed by atoms with van der Waals surface area (Å²) in [6, 6.07) is -6.27. The van der Waals surface area contributed by atoms with E-state index in [4.69, 9.17) is 18.4 Å². The van der Waals surface area contributed by atoms with Gasteiger partial charge < -0.3 is 25.4 Å². The highest BCUT2D eigenvalue weighted by atomic mass is 32.2. The van der Waals surface area contributed by atoms with Crippen LogP contribution in [0.2, 0.25) is 0 Å². The van der Waals surface area contributed by atoms with Gasteiger partial charge in [-0.05, 0) is 30.4 Å². The second-order valence-corrected chi connectivity index (χ2v) is 9.14. The normalized spacial score (nSPS) is 35.9. The first-order chi connectivity index (χ1) is 21.2. The Hall–Kier alpha value is -2.45. The average molecular weight is 533 g/mol. The van der Waals surface area contributed by atoms with Crippen molar-refractivity contribution >= 4 is 28.7 Å². The fourth-order valence-electron chi connectivity index (χ4n) is 3.90. The topological polar surface area (TPSA) is 138 Å². The van der Waals surface area contributed by atoms with E-state index in [1.165, 1.54) is 11.8 Å². The van der Waals surface area contributed by atoms with Crippen LogP contribution in [0, 0.1) is 11.6 Å². The number of hydrogen-bond acceptors (Lipinski definition) is 10. The summed E-state index contributed by atoms with van der Waals surface area (Å²) < 4.78 is 114. The van der Waals surface area contributed by atoms with E-state index in [0.29, 0.717) is 12.2 Å². The molecule has 3 aromatic rings. The number of benzene rings is 1. The molecule has 1 aromatic carbocycles. The Labute approximate surface area is 224 Å². The summed E-state index contributed by atoms with van der Waals surface area (Å²) in [7, 11) is 0. The summed E-state index contributed by atoms with van der Waals surface area (Å²) in [4.78, 5) is 8.78. The number of thioether (sulfide) groups is 1. The van der Waals surface area contributed by atoms with Gasteiger partial charge in [-0.3, -0.25) is 0 Å². The zero-order valence-electron chi connectivity index (χ0n) is 28.7. The Morgan fingerprint density at radius 3 is 2.94 bits per heavy atom. The maximum atomic E-state index is 14.4. The molecule has 194 valence electrons. The molecule has 0 spiro atoms. The van der Waals surface area contributed by atoms with Crippen LogP contribution < -0.4 is 5.32 Å². The standard InChI is InChI=1S/C23H28F2N6O4S/c1-2-7-36-23-27-21(26-15-9-12(15)11-3-4-13(24)14(25)8-11)18-22(28-23)31(30-29-18)16-10-17(35-6-5-32)20(34)19(16)33/h3-4,8,12,15-17,19-20,32-34H,2,5-7,9-10H2,1H3,(H,26,27,28)/t12?,15-,16+,17-,19-,20+/m0/s1/i3D,4D,5D2,6D2,8D,9D2,12D. The number of aliphatic hydroxyl groups is 3. The third kappa shape index (κ3) is 4.90. The number of aromatic nitrogens is 5. The molecule has 0 aliphatic heterocycles. The molecule has 2 fully saturated rings. The number of aliphatic hydroxyl groups excluding tert-OH is 2. The maximum absolute atomic E-state index is 14.4. The zero-order valence-corrected chi connectivity index (χ0v) is 19.5. The van der Waals surface area contributed by atoms with Gasteiger partial charge in [-0.2, -0.15) is 0 Å². The second-order valence-electron chi connectivity index (χ2n) is 8.08. The Balaban J connectivity index is 1.54. The molecule has 1 unspecified atom stereocenters. The third-order valence-corrected chi connectivity index (χ3v) is 6.74. The van der Waals surface area contributed by atoms with Crippen molar-refractivity contribution in [2.24, 2.45) is 0 Å². The summed E-state index contributed by atoms with van der Waals surface area (Å²) in [5, 5.41) is 41.7. The largest absolute Gasteiger partial charge is 0.394 e. The van der Waals surface area contributed by atoms with E-state index in [2.05, 4.69) is 25.6 Å². The summed E-state index contributed by atoms with van der Waals surface area (Å²) in [5.74, 6) is -5.77. The van der Waals surface area contributed by atoms with Gasteiger partial charge in [-0.1, -0.05) is 29.9 Å². The Bertz CT molecular complexity index is 1660. The number of fused-ring (bicyclic) bond motifs is 1. The van der Waals surface area contributed by atoms with Crippen LogP contribution in [0.1, 0.15) is 57.3 Å². The molecule has 2 saturated carbocycles. The van der Waals surface area contributed by atoms with E-state index < -0.39 is 91.1 Å². The zero-order chi connectivity index (χ0) is 34.3. The molecule has 2 aromatic heterocycles. The van der Waals surface area contributed by atoms with Crippen molar-refractivity contribution in [3.8, 4) is 0 Å². The molecule has 2 aliphatic rings. The quantitative estimate of drug-likeness (QED) is 0.227. The minimum Gasteiger partial charge on any atom is -0.394 e. The molecule has 6 atom stereocenters. The summed E-state index contributed by atoms with van der Waals surface area (Å²) in [5.41, 5.74) is -1.02. The highest BCUT2D eigenvalue weighted by Crippen LogP contribution is 2.44. The van der Waals surface area contributed by atoms with Gasteiger partial charge >= 0.3 is 0 Å². The summed E-state index contributed by atoms with van der Waals surface area (Å²) >= 11 is 1.17. The van der Waals surface area contributed by atoms with Gasteiger partial charge in [-0.25, -0.2) is 23.4 Å². The highest BCUT2D eigenvalue weighted by molar-refractivity contribution is 7.99. The van der Waals surface area contributed by atoms with Crippen molar-refractivity contribution in [1.29, 1.82) is 0 Å². The Morgan fingerprint density at radius 2 is 2.17 bits per heavy atom. The molecule has 0 bridgehead atoms. The minimum absolute atomic E-state index is 0.0612. The number of rotatable bonds is 10. The van der Waals surface area contributed by atoms with Crippen molar-refractivity contribution in [3.63, 3.8) is 0 Å². The van der Waals surface area contributed by atoms with E-state index >= 15 is 0 Å². The highest BCUT2D eigenvalue weighted by Gasteiger charge is 2.45. The van der Waals surface area contributed by atoms with Crippen LogP contribution >= 0.6 is 11.8 Å². The first kappa shape index (κ1) is 15.7. The van der Waals surface area contributed by atoms with E-state index in [-0.39, 0.29) is 28.6 Å². The van der Waals surface area contributed by atoms with E-state index in [0.717, 1.165) is 4.68 Å². The van der Waals surface area contributed by atoms with Crippen LogP contribution in [-0.4, -0.2) is 83.5 Å². The van der Waals surface area contributed by atoms with E-state index in [1.54, 1.807) is 0 Å². The van der Waals surface area contributed by atoms with Gasteiger partial charge in [-0.15, -0.1) is 5.10 Å². The van der Waals surface area contributed by atoms with Gasteiger partial charge in [0, 0.05) is 28.2 Å². The number of hydrogen-bond donors (Lipinski definition) is 4. The van der Waals surface area contributed by atoms with Gasteiger partial charge in [0.1, 0.15) is 12.2 Å². The smallest absolute Gasteiger partial charge is 0.191 e. The van der Waals surface area contributed by atoms with Crippen molar-refractivity contribution in [1.82, 2.24) is 25.0 Å². The lowest BCUT2D eigenvalue weighted by atomic mass is 10.1. The molecular weight excluding hydrogens is 494 g/mol. The average Bonchev–Trinajstić information content (AvgIpc) is 3.27. The molecule has 13 heteroatoms. The molecule has 36 heavy (non-hydrogen) atoms. The van der Waals surface area contributed by atoms with Crippen molar-refractivity contribution < 1.29 is 42.5 Å². The number of anilines is 1. The lowest BCUT2D eigenvalue weighted by Crippen LogP contribution is -2.33. The predicted octanol–water partition coefficient (Wildman–Crippen LogP) is 2.01. The SMILES string of the molecule is [2H]c1c([2H])c(C2([2H])[C@@H](Nc3nc(SCCC)nc4c3nnn4[C@@H]3C[C@H](OC([2H])([2H])C([2H])([2H])O)[C@@H](O)[C@H]3O)C2([2H])[2H])c([2H])c(F)c1F. The Kier molecular flexibility index (Phi) is 4.59. The molecule has 0 saturated heterocycles. The fraction of sp³-hybridized carbons (Fsp3) is 0.565. The van der Waals surface area contributed by atoms with Crippen molar-refractivity contribution in [3.05, 3.63) is 35.3 Å². The molecule has 4 N–H and O–H groups in total. The van der Waals surface area contributed by atoms with Gasteiger partial charge in [0.15, 0.2) is 33.8 Å². The van der Waals surface area contributed by atoms with Gasteiger partial charge in [0.2, 0.25) is 0 Å². The van der Waals surface area contributed by atoms with Crippen LogP contribution in [-0.2, 0) is 4.74 Å². The lowest BCUT2D eigenvalue weighted by Gasteiger charge is -2.17. The molecule has 0 amide bonds. The lowest BCUT2D eigenvalue weighted by molar-refractivity contribution is -0.0629. The minimum atomic E-state index is -3.45. The predicted molar refractivity (Wildman–Crippen MR) is 128 cm³/mol. The number of ether oxygens (including phenoxy) is 1. The van der Waals surface area contributed by atoms with Crippen molar-refractivity contribution in [2.45, 2.75) is 67.6 Å². The number of nitrogens with zero attached hydrogens (tertiary/aromatic N) is 5. The molecular formula is C23H28F2N6O4S. The van der Waals surface area contributed by atoms with Crippen LogP contribution in [0.15, 0.2) is 23.3 Å². The van der Waals surface area contributed by atoms with Gasteiger partial charge in [0.25, 0.3) is 0 Å². The third-order valence-electron chi connectivity index (χ3n) is 5.69. The molecule has 2 aliphatic carbocycles. The Morgan fingerprint density at radius 1 is 1.33 bits per heavy atom. The van der Waals surface area contributed by atoms with Crippen LogP contribution in [0.4, 0.5) is 14.6 Å². The molecule has 0 radical (unpaired) electrons. The van der Waals surface area contributed by atoms with Crippen LogP contribution in [0.25, 0.3) is 11.2 Å². The van der Waals surface area contributed by atoms with Gasteiger partial charge in [0.05, 0.1) is 34.9 Å². The van der Waals surface area contributed by atoms with E-state index in [9.17, 15) is 24.1 Å². The van der Waals surface area contributed by atoms with Crippen LogP contribution in [0.5, 0.6) is 0 Å². The maximum Gasteiger partial charge on any atom is 0.191 e. The summed E-state index contributed by atoms with van der Waals surface area (Å²) in [6.45, 7) is -4.83. The van der Waals surface area contributed by atoms with Crippen molar-refractivity contribution in [2.75, 3.05) is 24.2 Å². The number of nitrogens with one attached hydrogen (secondary N) is 1. The fourth-order valence-corrected chi connectivity index (χ4v) is 4.59. The first-order valence-electron chi connectivity index (χ1n) is 15.9. The molecule has 5 rings (SSSR count). The first-order valence-corrected chi connectivity index (χ1v) is 11.9. The molecule has 2 heterocycles.